The minimum atomic E-state index is -0.285. The summed E-state index contributed by atoms with van der Waals surface area (Å²) >= 11 is 0. The van der Waals surface area contributed by atoms with E-state index in [-0.39, 0.29) is 24.6 Å². The van der Waals surface area contributed by atoms with Crippen molar-refractivity contribution in [2.24, 2.45) is 0 Å². The molecular formula is C16H25NO3. The van der Waals surface area contributed by atoms with Crippen LogP contribution < -0.4 is 0 Å². The molecule has 0 fully saturated rings. The van der Waals surface area contributed by atoms with Crippen molar-refractivity contribution in [1.82, 2.24) is 4.98 Å². The summed E-state index contributed by atoms with van der Waals surface area (Å²) in [5, 5.41) is 8.76. The maximum Gasteiger partial charge on any atom is 0.315 e. The Bertz CT molecular complexity index is 379. The topological polar surface area (TPSA) is 59.4 Å². The molecule has 1 rings (SSSR count). The largest absolute Gasteiger partial charge is 0.462 e. The quantitative estimate of drug-likeness (QED) is 0.557. The van der Waals surface area contributed by atoms with Gasteiger partial charge < -0.3 is 9.84 Å². The number of carbonyl (C=O) groups excluding carboxylic acids is 1. The van der Waals surface area contributed by atoms with Crippen LogP contribution in [-0.2, 0) is 9.53 Å². The van der Waals surface area contributed by atoms with Gasteiger partial charge in [-0.1, -0.05) is 25.3 Å². The summed E-state index contributed by atoms with van der Waals surface area (Å²) < 4.78 is 5.33. The number of hydrogen-bond acceptors (Lipinski definition) is 4. The minimum Gasteiger partial charge on any atom is -0.462 e. The van der Waals surface area contributed by atoms with Crippen molar-refractivity contribution in [1.29, 1.82) is 0 Å². The van der Waals surface area contributed by atoms with E-state index in [1.165, 1.54) is 0 Å². The third-order valence-corrected chi connectivity index (χ3v) is 3.08. The zero-order valence-electron chi connectivity index (χ0n) is 12.4. The lowest BCUT2D eigenvalue weighted by Gasteiger charge is -2.17. The maximum atomic E-state index is 12.2. The number of aliphatic hydroxyl groups is 1. The van der Waals surface area contributed by atoms with Crippen LogP contribution in [-0.4, -0.2) is 28.8 Å². The van der Waals surface area contributed by atoms with Crippen molar-refractivity contribution in [3.63, 3.8) is 0 Å². The molecule has 1 aromatic heterocycles. The van der Waals surface area contributed by atoms with Gasteiger partial charge in [0.1, 0.15) is 0 Å². The summed E-state index contributed by atoms with van der Waals surface area (Å²) in [4.78, 5) is 16.5. The second kappa shape index (κ2) is 9.48. The summed E-state index contributed by atoms with van der Waals surface area (Å²) in [6.45, 7) is 3.95. The Morgan fingerprint density at radius 3 is 2.60 bits per heavy atom. The number of carbonyl (C=O) groups is 1. The molecule has 0 radical (unpaired) electrons. The van der Waals surface area contributed by atoms with E-state index >= 15 is 0 Å². The molecule has 0 saturated heterocycles. The zero-order valence-corrected chi connectivity index (χ0v) is 12.4. The summed E-state index contributed by atoms with van der Waals surface area (Å²) in [5.74, 6) is -0.478. The molecule has 0 saturated carbocycles. The van der Waals surface area contributed by atoms with E-state index in [0.29, 0.717) is 0 Å². The average Bonchev–Trinajstić information content (AvgIpc) is 2.43. The predicted octanol–water partition coefficient (Wildman–Crippen LogP) is 3.06. The lowest BCUT2D eigenvalue weighted by atomic mass is 9.97. The highest BCUT2D eigenvalue weighted by atomic mass is 16.5. The molecule has 1 aromatic rings. The van der Waals surface area contributed by atoms with Crippen LogP contribution >= 0.6 is 0 Å². The normalized spacial score (nSPS) is 12.4. The molecule has 0 aliphatic carbocycles. The van der Waals surface area contributed by atoms with Crippen molar-refractivity contribution in [2.45, 2.75) is 58.0 Å². The third kappa shape index (κ3) is 6.15. The standard InChI is InChI=1S/C16H25NO3/c1-13(2)20-16(19)14(9-5-3-4-8-12-18)15-10-6-7-11-17-15/h6-7,10-11,13-14,18H,3-5,8-9,12H2,1-2H3. The molecule has 0 aromatic carbocycles. The summed E-state index contributed by atoms with van der Waals surface area (Å²) in [6, 6.07) is 5.61. The molecule has 0 aliphatic rings. The number of nitrogens with zero attached hydrogens (tertiary/aromatic N) is 1. The highest BCUT2D eigenvalue weighted by Crippen LogP contribution is 2.23. The summed E-state index contributed by atoms with van der Waals surface area (Å²) in [5.41, 5.74) is 0.778. The number of unbranched alkanes of at least 4 members (excludes halogenated alkanes) is 3. The third-order valence-electron chi connectivity index (χ3n) is 3.08. The van der Waals surface area contributed by atoms with Crippen LogP contribution in [0.3, 0.4) is 0 Å². The number of hydrogen-bond donors (Lipinski definition) is 1. The molecule has 1 heterocycles. The van der Waals surface area contributed by atoms with Gasteiger partial charge in [0, 0.05) is 12.8 Å². The number of rotatable bonds is 9. The lowest BCUT2D eigenvalue weighted by molar-refractivity contribution is -0.149. The summed E-state index contributed by atoms with van der Waals surface area (Å²) in [7, 11) is 0. The Balaban J connectivity index is 2.58. The number of pyridine rings is 1. The maximum absolute atomic E-state index is 12.2. The molecule has 0 bridgehead atoms. The first-order valence-corrected chi connectivity index (χ1v) is 7.37. The van der Waals surface area contributed by atoms with Gasteiger partial charge in [0.15, 0.2) is 0 Å². The molecule has 112 valence electrons. The number of aliphatic hydroxyl groups excluding tert-OH is 1. The highest BCUT2D eigenvalue weighted by Gasteiger charge is 2.23. The SMILES string of the molecule is CC(C)OC(=O)C(CCCCCCO)c1ccccn1. The smallest absolute Gasteiger partial charge is 0.315 e. The zero-order chi connectivity index (χ0) is 14.8. The van der Waals surface area contributed by atoms with Crippen molar-refractivity contribution < 1.29 is 14.6 Å². The van der Waals surface area contributed by atoms with Gasteiger partial charge in [-0.15, -0.1) is 0 Å². The number of ether oxygens (including phenoxy) is 1. The van der Waals surface area contributed by atoms with Gasteiger partial charge in [-0.2, -0.15) is 0 Å². The van der Waals surface area contributed by atoms with Crippen LogP contribution in [0.4, 0.5) is 0 Å². The van der Waals surface area contributed by atoms with E-state index in [4.69, 9.17) is 9.84 Å². The van der Waals surface area contributed by atoms with E-state index < -0.39 is 0 Å². The Kier molecular flexibility index (Phi) is 7.88. The van der Waals surface area contributed by atoms with Gasteiger partial charge in [-0.3, -0.25) is 9.78 Å². The molecule has 1 N–H and O–H groups in total. The minimum absolute atomic E-state index is 0.108. The first kappa shape index (κ1) is 16.6. The Morgan fingerprint density at radius 1 is 1.25 bits per heavy atom. The number of esters is 1. The molecule has 0 spiro atoms. The van der Waals surface area contributed by atoms with Crippen LogP contribution in [0, 0.1) is 0 Å². The van der Waals surface area contributed by atoms with Gasteiger partial charge in [0.05, 0.1) is 17.7 Å². The highest BCUT2D eigenvalue weighted by molar-refractivity contribution is 5.77. The van der Waals surface area contributed by atoms with Crippen LogP contribution in [0.5, 0.6) is 0 Å². The molecule has 0 amide bonds. The average molecular weight is 279 g/mol. The van der Waals surface area contributed by atoms with Crippen molar-refractivity contribution in [3.05, 3.63) is 30.1 Å². The van der Waals surface area contributed by atoms with Gasteiger partial charge in [-0.25, -0.2) is 0 Å². The van der Waals surface area contributed by atoms with E-state index in [2.05, 4.69) is 4.98 Å². The molecule has 20 heavy (non-hydrogen) atoms. The van der Waals surface area contributed by atoms with Gasteiger partial charge >= 0.3 is 5.97 Å². The molecule has 1 unspecified atom stereocenters. The Hall–Kier alpha value is -1.42. The van der Waals surface area contributed by atoms with Crippen LogP contribution in [0.1, 0.15) is 57.6 Å². The van der Waals surface area contributed by atoms with Crippen LogP contribution in [0.25, 0.3) is 0 Å². The van der Waals surface area contributed by atoms with Crippen molar-refractivity contribution >= 4 is 5.97 Å². The molecular weight excluding hydrogens is 254 g/mol. The van der Waals surface area contributed by atoms with Crippen molar-refractivity contribution in [2.75, 3.05) is 6.61 Å². The fraction of sp³-hybridized carbons (Fsp3) is 0.625. The molecule has 4 nitrogen and oxygen atoms in total. The second-order valence-electron chi connectivity index (χ2n) is 5.22. The van der Waals surface area contributed by atoms with Gasteiger partial charge in [0.2, 0.25) is 0 Å². The first-order valence-electron chi connectivity index (χ1n) is 7.37. The van der Waals surface area contributed by atoms with E-state index in [1.807, 2.05) is 32.0 Å². The van der Waals surface area contributed by atoms with Gasteiger partial charge in [-0.05, 0) is 38.8 Å². The molecule has 4 heteroatoms. The Morgan fingerprint density at radius 2 is 2.00 bits per heavy atom. The second-order valence-corrected chi connectivity index (χ2v) is 5.22. The molecule has 1 atom stereocenters. The Labute approximate surface area is 121 Å². The van der Waals surface area contributed by atoms with Crippen molar-refractivity contribution in [3.8, 4) is 0 Å². The van der Waals surface area contributed by atoms with Crippen LogP contribution in [0.15, 0.2) is 24.4 Å². The summed E-state index contributed by atoms with van der Waals surface area (Å²) in [6.07, 6.45) is 6.11. The number of aromatic nitrogens is 1. The van der Waals surface area contributed by atoms with Crippen LogP contribution in [0.2, 0.25) is 0 Å². The van der Waals surface area contributed by atoms with Gasteiger partial charge in [0.25, 0.3) is 0 Å². The monoisotopic (exact) mass is 279 g/mol. The van der Waals surface area contributed by atoms with E-state index in [1.54, 1.807) is 6.20 Å². The predicted molar refractivity (Wildman–Crippen MR) is 78.4 cm³/mol. The fourth-order valence-electron chi connectivity index (χ4n) is 2.10. The fourth-order valence-corrected chi connectivity index (χ4v) is 2.10. The van der Waals surface area contributed by atoms with E-state index in [9.17, 15) is 4.79 Å². The first-order chi connectivity index (χ1) is 9.65. The molecule has 0 aliphatic heterocycles. The lowest BCUT2D eigenvalue weighted by Crippen LogP contribution is -2.20. The van der Waals surface area contributed by atoms with E-state index in [0.717, 1.165) is 37.8 Å².